The number of hydrogen-bond donors (Lipinski definition) is 0. The second-order valence-electron chi connectivity index (χ2n) is 6.52. The predicted molar refractivity (Wildman–Crippen MR) is 118 cm³/mol. The van der Waals surface area contributed by atoms with E-state index >= 15 is 0 Å². The van der Waals surface area contributed by atoms with Gasteiger partial charge in [0.2, 0.25) is 0 Å². The van der Waals surface area contributed by atoms with Crippen LogP contribution in [0.1, 0.15) is 18.1 Å². The number of carbonyl (C=O) groups excluding carboxylic acids is 3. The van der Waals surface area contributed by atoms with Gasteiger partial charge in [0.25, 0.3) is 11.1 Å². The number of ether oxygens (including phenoxy) is 3. The van der Waals surface area contributed by atoms with Gasteiger partial charge in [-0.05, 0) is 60.2 Å². The molecule has 1 aliphatic heterocycles. The lowest BCUT2D eigenvalue weighted by atomic mass is 10.1. The van der Waals surface area contributed by atoms with Crippen LogP contribution in [-0.2, 0) is 20.9 Å². The van der Waals surface area contributed by atoms with Crippen LogP contribution in [0.15, 0.2) is 41.3 Å². The fraction of sp³-hybridized carbons (Fsp3) is 0.227. The molecule has 0 atom stereocenters. The third-order valence-corrected chi connectivity index (χ3v) is 5.50. The van der Waals surface area contributed by atoms with Crippen LogP contribution in [0.2, 0.25) is 5.02 Å². The lowest BCUT2D eigenvalue weighted by Crippen LogP contribution is -2.34. The summed E-state index contributed by atoms with van der Waals surface area (Å²) < 4.78 is 29.0. The van der Waals surface area contributed by atoms with Crippen molar-refractivity contribution in [1.82, 2.24) is 4.90 Å². The molecule has 2 aromatic rings. The number of esters is 1. The molecule has 0 aliphatic carbocycles. The van der Waals surface area contributed by atoms with E-state index in [1.165, 1.54) is 25.3 Å². The second-order valence-corrected chi connectivity index (χ2v) is 7.92. The molecule has 1 heterocycles. The molecule has 168 valence electrons. The third-order valence-electron chi connectivity index (χ3n) is 4.31. The van der Waals surface area contributed by atoms with Crippen molar-refractivity contribution in [1.29, 1.82) is 0 Å². The first-order valence-electron chi connectivity index (χ1n) is 9.48. The average Bonchev–Trinajstić information content (AvgIpc) is 3.01. The highest BCUT2D eigenvalue weighted by molar-refractivity contribution is 8.18. The van der Waals surface area contributed by atoms with Crippen molar-refractivity contribution in [3.63, 3.8) is 0 Å². The number of benzene rings is 2. The number of carbonyl (C=O) groups is 3. The highest BCUT2D eigenvalue weighted by atomic mass is 35.5. The number of thioether (sulfide) groups is 1. The van der Waals surface area contributed by atoms with Gasteiger partial charge < -0.3 is 14.2 Å². The first kappa shape index (κ1) is 23.6. The molecule has 2 aromatic carbocycles. The second kappa shape index (κ2) is 10.5. The summed E-state index contributed by atoms with van der Waals surface area (Å²) in [5.74, 6) is -1.01. The molecule has 0 unspecified atom stereocenters. The first-order valence-corrected chi connectivity index (χ1v) is 10.7. The van der Waals surface area contributed by atoms with E-state index in [1.54, 1.807) is 31.2 Å². The summed E-state index contributed by atoms with van der Waals surface area (Å²) in [5, 5.41) is -0.338. The summed E-state index contributed by atoms with van der Waals surface area (Å²) in [6.07, 6.45) is 1.48. The summed E-state index contributed by atoms with van der Waals surface area (Å²) in [4.78, 5) is 37.3. The molecular weight excluding hydrogens is 461 g/mol. The van der Waals surface area contributed by atoms with Crippen molar-refractivity contribution >= 4 is 46.6 Å². The Morgan fingerprint density at radius 1 is 1.22 bits per heavy atom. The van der Waals surface area contributed by atoms with E-state index < -0.39 is 23.7 Å². The Morgan fingerprint density at radius 3 is 2.59 bits per heavy atom. The van der Waals surface area contributed by atoms with Gasteiger partial charge in [0, 0.05) is 0 Å². The van der Waals surface area contributed by atoms with Crippen molar-refractivity contribution < 1.29 is 33.0 Å². The lowest BCUT2D eigenvalue weighted by molar-refractivity contribution is -0.145. The molecule has 7 nitrogen and oxygen atoms in total. The standard InChI is InChI=1S/C22H19ClFNO6S/c1-3-30-19(26)11-25-21(27)18(32-22(25)28)10-14-8-16(23)20(17(9-14)29-2)31-12-13-4-6-15(24)7-5-13/h4-10H,3,11-12H2,1-2H3/b18-10+. The Labute approximate surface area is 193 Å². The maximum atomic E-state index is 13.1. The Balaban J connectivity index is 1.78. The Bertz CT molecular complexity index is 1070. The van der Waals surface area contributed by atoms with Crippen LogP contribution in [0.4, 0.5) is 9.18 Å². The largest absolute Gasteiger partial charge is 0.493 e. The van der Waals surface area contributed by atoms with Crippen LogP contribution in [0.3, 0.4) is 0 Å². The molecule has 0 aromatic heterocycles. The molecule has 1 saturated heterocycles. The molecule has 2 amide bonds. The van der Waals surface area contributed by atoms with E-state index in [0.717, 1.165) is 10.5 Å². The molecule has 32 heavy (non-hydrogen) atoms. The van der Waals surface area contributed by atoms with Gasteiger partial charge in [0.05, 0.1) is 23.6 Å². The fourth-order valence-corrected chi connectivity index (χ4v) is 3.93. The number of methoxy groups -OCH3 is 1. The highest BCUT2D eigenvalue weighted by Gasteiger charge is 2.36. The van der Waals surface area contributed by atoms with E-state index in [-0.39, 0.29) is 34.7 Å². The average molecular weight is 480 g/mol. The molecular formula is C22H19ClFNO6S. The highest BCUT2D eigenvalue weighted by Crippen LogP contribution is 2.39. The van der Waals surface area contributed by atoms with Gasteiger partial charge in [-0.25, -0.2) is 4.39 Å². The SMILES string of the molecule is CCOC(=O)CN1C(=O)S/C(=C/c2cc(Cl)c(OCc3ccc(F)cc3)c(OC)c2)C1=O. The summed E-state index contributed by atoms with van der Waals surface area (Å²) in [5.41, 5.74) is 1.24. The maximum Gasteiger partial charge on any atom is 0.326 e. The Hall–Kier alpha value is -3.04. The first-order chi connectivity index (χ1) is 15.3. The van der Waals surface area contributed by atoms with Crippen LogP contribution >= 0.6 is 23.4 Å². The minimum Gasteiger partial charge on any atom is -0.493 e. The quantitative estimate of drug-likeness (QED) is 0.402. The topological polar surface area (TPSA) is 82.1 Å². The van der Waals surface area contributed by atoms with E-state index in [0.29, 0.717) is 23.1 Å². The van der Waals surface area contributed by atoms with Crippen LogP contribution in [-0.4, -0.2) is 42.3 Å². The van der Waals surface area contributed by atoms with E-state index in [4.69, 9.17) is 25.8 Å². The third kappa shape index (κ3) is 5.60. The van der Waals surface area contributed by atoms with Gasteiger partial charge in [-0.1, -0.05) is 23.7 Å². The molecule has 0 N–H and O–H groups in total. The summed E-state index contributed by atoms with van der Waals surface area (Å²) in [6, 6.07) is 9.01. The molecule has 1 aliphatic rings. The number of amides is 2. The zero-order chi connectivity index (χ0) is 23.3. The number of hydrogen-bond acceptors (Lipinski definition) is 7. The van der Waals surface area contributed by atoms with Crippen molar-refractivity contribution in [2.75, 3.05) is 20.3 Å². The molecule has 0 radical (unpaired) electrons. The van der Waals surface area contributed by atoms with Crippen LogP contribution in [0, 0.1) is 5.82 Å². The van der Waals surface area contributed by atoms with Gasteiger partial charge in [-0.15, -0.1) is 0 Å². The maximum absolute atomic E-state index is 13.1. The van der Waals surface area contributed by atoms with Crippen LogP contribution in [0.5, 0.6) is 11.5 Å². The normalized spacial score (nSPS) is 14.8. The van der Waals surface area contributed by atoms with Crippen LogP contribution < -0.4 is 9.47 Å². The molecule has 3 rings (SSSR count). The van der Waals surface area contributed by atoms with Gasteiger partial charge in [0.15, 0.2) is 11.5 Å². The minimum atomic E-state index is -0.664. The Morgan fingerprint density at radius 2 is 1.94 bits per heavy atom. The van der Waals surface area contributed by atoms with Crippen molar-refractivity contribution in [2.45, 2.75) is 13.5 Å². The van der Waals surface area contributed by atoms with Gasteiger partial charge in [0.1, 0.15) is 19.0 Å². The molecule has 0 spiro atoms. The fourth-order valence-electron chi connectivity index (χ4n) is 2.82. The number of rotatable bonds is 8. The predicted octanol–water partition coefficient (Wildman–Crippen LogP) is 4.67. The van der Waals surface area contributed by atoms with Gasteiger partial charge >= 0.3 is 5.97 Å². The molecule has 0 saturated carbocycles. The zero-order valence-corrected chi connectivity index (χ0v) is 18.8. The van der Waals surface area contributed by atoms with Crippen LogP contribution in [0.25, 0.3) is 6.08 Å². The van der Waals surface area contributed by atoms with Crippen molar-refractivity contribution in [3.05, 3.63) is 63.3 Å². The minimum absolute atomic E-state index is 0.136. The summed E-state index contributed by atoms with van der Waals surface area (Å²) in [6.45, 7) is 1.48. The van der Waals surface area contributed by atoms with Crippen molar-refractivity contribution in [3.8, 4) is 11.5 Å². The van der Waals surface area contributed by atoms with E-state index in [9.17, 15) is 18.8 Å². The lowest BCUT2D eigenvalue weighted by Gasteiger charge is -2.14. The zero-order valence-electron chi connectivity index (χ0n) is 17.2. The number of imide groups is 1. The van der Waals surface area contributed by atoms with E-state index in [1.807, 2.05) is 0 Å². The molecule has 10 heteroatoms. The monoisotopic (exact) mass is 479 g/mol. The number of halogens is 2. The summed E-state index contributed by atoms with van der Waals surface area (Å²) in [7, 11) is 1.44. The smallest absolute Gasteiger partial charge is 0.326 e. The Kier molecular flexibility index (Phi) is 7.76. The van der Waals surface area contributed by atoms with Gasteiger partial charge in [-0.3, -0.25) is 19.3 Å². The molecule has 0 bridgehead atoms. The van der Waals surface area contributed by atoms with E-state index in [2.05, 4.69) is 0 Å². The molecule has 1 fully saturated rings. The summed E-state index contributed by atoms with van der Waals surface area (Å²) >= 11 is 7.08. The van der Waals surface area contributed by atoms with Gasteiger partial charge in [-0.2, -0.15) is 0 Å². The number of nitrogens with zero attached hydrogens (tertiary/aromatic N) is 1. The van der Waals surface area contributed by atoms with Crippen molar-refractivity contribution in [2.24, 2.45) is 0 Å².